The molecule has 0 bridgehead atoms. The molecule has 2 aromatic heterocycles. The van der Waals surface area contributed by atoms with Crippen LogP contribution in [0.2, 0.25) is 0 Å². The fraction of sp³-hybridized carbons (Fsp3) is 0.208. The summed E-state index contributed by atoms with van der Waals surface area (Å²) in [5.41, 5.74) is 1.18. The molecular formula is C24H21N3O6S. The minimum absolute atomic E-state index is 0.0900. The molecule has 4 rings (SSSR count). The highest BCUT2D eigenvalue weighted by atomic mass is 32.1. The fourth-order valence-electron chi connectivity index (χ4n) is 3.69. The standard InChI is InChI=1S/C24H21N3O6S/c1-4-33-16-7-5-14(6-8-16)18-17(19(28)15-9-11-25-12-10-15)20(29)22(30)27(18)24-26-13(2)21(34-24)23(31)32-3/h5-12,18,28H,4H2,1-3H3. The van der Waals surface area contributed by atoms with Crippen molar-refractivity contribution in [2.75, 3.05) is 18.6 Å². The van der Waals surface area contributed by atoms with Gasteiger partial charge in [0, 0.05) is 18.0 Å². The molecule has 1 amide bonds. The number of methoxy groups -OCH3 is 1. The van der Waals surface area contributed by atoms with Crippen molar-refractivity contribution in [2.45, 2.75) is 19.9 Å². The molecule has 0 spiro atoms. The lowest BCUT2D eigenvalue weighted by atomic mass is 9.95. The summed E-state index contributed by atoms with van der Waals surface area (Å²) in [6, 6.07) is 8.99. The molecule has 1 saturated heterocycles. The number of carbonyl (C=O) groups excluding carboxylic acids is 3. The summed E-state index contributed by atoms with van der Waals surface area (Å²) in [5, 5.41) is 11.2. The summed E-state index contributed by atoms with van der Waals surface area (Å²) >= 11 is 0.943. The number of Topliss-reactive ketones (excluding diaryl/α,β-unsaturated/α-hetero) is 1. The maximum Gasteiger partial charge on any atom is 0.350 e. The normalized spacial score (nSPS) is 17.1. The maximum absolute atomic E-state index is 13.2. The lowest BCUT2D eigenvalue weighted by Gasteiger charge is -2.23. The predicted octanol–water partition coefficient (Wildman–Crippen LogP) is 3.66. The Morgan fingerprint density at radius 3 is 2.44 bits per heavy atom. The second-order valence-electron chi connectivity index (χ2n) is 7.31. The fourth-order valence-corrected chi connectivity index (χ4v) is 4.70. The molecule has 3 aromatic rings. The first-order chi connectivity index (χ1) is 16.4. The van der Waals surface area contributed by atoms with Crippen molar-refractivity contribution in [2.24, 2.45) is 0 Å². The van der Waals surface area contributed by atoms with E-state index in [1.54, 1.807) is 43.3 Å². The van der Waals surface area contributed by atoms with Crippen molar-refractivity contribution in [3.05, 3.63) is 76.1 Å². The number of amides is 1. The van der Waals surface area contributed by atoms with Crippen molar-refractivity contribution in [1.29, 1.82) is 0 Å². The van der Waals surface area contributed by atoms with Crippen LogP contribution in [0.4, 0.5) is 5.13 Å². The van der Waals surface area contributed by atoms with Gasteiger partial charge in [0.15, 0.2) is 5.13 Å². The Balaban J connectivity index is 1.90. The largest absolute Gasteiger partial charge is 0.507 e. The Morgan fingerprint density at radius 2 is 1.82 bits per heavy atom. The van der Waals surface area contributed by atoms with Gasteiger partial charge in [-0.25, -0.2) is 9.78 Å². The van der Waals surface area contributed by atoms with Gasteiger partial charge in [0.2, 0.25) is 0 Å². The minimum atomic E-state index is -0.972. The zero-order valence-corrected chi connectivity index (χ0v) is 19.5. The lowest BCUT2D eigenvalue weighted by Crippen LogP contribution is -2.29. The first-order valence-electron chi connectivity index (χ1n) is 10.4. The molecule has 10 heteroatoms. The Bertz CT molecular complexity index is 1280. The van der Waals surface area contributed by atoms with Gasteiger partial charge >= 0.3 is 11.9 Å². The molecule has 1 aromatic carbocycles. The molecule has 3 heterocycles. The number of esters is 1. The van der Waals surface area contributed by atoms with Crippen molar-refractivity contribution >= 4 is 39.9 Å². The van der Waals surface area contributed by atoms with E-state index in [4.69, 9.17) is 9.47 Å². The molecule has 0 radical (unpaired) electrons. The number of benzene rings is 1. The number of nitrogens with zero attached hydrogens (tertiary/aromatic N) is 3. The quantitative estimate of drug-likeness (QED) is 0.246. The number of hydrogen-bond acceptors (Lipinski definition) is 9. The van der Waals surface area contributed by atoms with Crippen LogP contribution >= 0.6 is 11.3 Å². The van der Waals surface area contributed by atoms with Crippen LogP contribution < -0.4 is 9.64 Å². The summed E-state index contributed by atoms with van der Waals surface area (Å²) in [6.07, 6.45) is 2.95. The molecule has 1 unspecified atom stereocenters. The number of ketones is 1. The third kappa shape index (κ3) is 4.03. The van der Waals surface area contributed by atoms with E-state index in [1.165, 1.54) is 24.4 Å². The third-order valence-corrected chi connectivity index (χ3v) is 6.40. The summed E-state index contributed by atoms with van der Waals surface area (Å²) in [7, 11) is 1.25. The number of aryl methyl sites for hydroxylation is 1. The van der Waals surface area contributed by atoms with E-state index in [2.05, 4.69) is 9.97 Å². The van der Waals surface area contributed by atoms with Gasteiger partial charge in [0.05, 0.1) is 31.0 Å². The molecule has 9 nitrogen and oxygen atoms in total. The summed E-state index contributed by atoms with van der Waals surface area (Å²) in [5.74, 6) is -2.02. The first-order valence-corrected chi connectivity index (χ1v) is 11.2. The number of aliphatic hydroxyl groups is 1. The second kappa shape index (κ2) is 9.44. The highest BCUT2D eigenvalue weighted by Gasteiger charge is 2.48. The number of rotatable bonds is 6. The molecule has 0 aliphatic carbocycles. The predicted molar refractivity (Wildman–Crippen MR) is 125 cm³/mol. The molecule has 0 saturated carbocycles. The number of ether oxygens (including phenoxy) is 2. The molecule has 1 N–H and O–H groups in total. The van der Waals surface area contributed by atoms with E-state index in [1.807, 2.05) is 6.92 Å². The number of thiazole rings is 1. The van der Waals surface area contributed by atoms with Crippen molar-refractivity contribution in [1.82, 2.24) is 9.97 Å². The van der Waals surface area contributed by atoms with Gasteiger partial charge < -0.3 is 14.6 Å². The van der Waals surface area contributed by atoms with E-state index in [0.717, 1.165) is 11.3 Å². The average molecular weight is 480 g/mol. The monoisotopic (exact) mass is 479 g/mol. The van der Waals surface area contributed by atoms with Crippen LogP contribution in [0.1, 0.15) is 39.5 Å². The van der Waals surface area contributed by atoms with Crippen LogP contribution in [0.25, 0.3) is 5.76 Å². The number of pyridine rings is 1. The number of anilines is 1. The van der Waals surface area contributed by atoms with Crippen LogP contribution in [0.3, 0.4) is 0 Å². The van der Waals surface area contributed by atoms with Crippen LogP contribution in [0.15, 0.2) is 54.4 Å². The van der Waals surface area contributed by atoms with Crippen LogP contribution in [0, 0.1) is 6.92 Å². The Hall–Kier alpha value is -4.05. The third-order valence-electron chi connectivity index (χ3n) is 5.27. The van der Waals surface area contributed by atoms with Gasteiger partial charge in [-0.1, -0.05) is 23.5 Å². The summed E-state index contributed by atoms with van der Waals surface area (Å²) in [4.78, 5) is 48.2. The average Bonchev–Trinajstić information content (AvgIpc) is 3.36. The zero-order chi connectivity index (χ0) is 24.4. The van der Waals surface area contributed by atoms with Gasteiger partial charge in [-0.2, -0.15) is 0 Å². The molecule has 174 valence electrons. The molecule has 1 aliphatic rings. The zero-order valence-electron chi connectivity index (χ0n) is 18.6. The molecule has 1 atom stereocenters. The summed E-state index contributed by atoms with van der Waals surface area (Å²) < 4.78 is 10.3. The topological polar surface area (TPSA) is 119 Å². The van der Waals surface area contributed by atoms with E-state index in [9.17, 15) is 19.5 Å². The van der Waals surface area contributed by atoms with Crippen LogP contribution in [0.5, 0.6) is 5.75 Å². The Labute approximate surface area is 199 Å². The highest BCUT2D eigenvalue weighted by molar-refractivity contribution is 7.17. The number of aliphatic hydroxyl groups excluding tert-OH is 1. The van der Waals surface area contributed by atoms with Gasteiger partial charge in [0.1, 0.15) is 16.4 Å². The van der Waals surface area contributed by atoms with Crippen LogP contribution in [-0.2, 0) is 14.3 Å². The SMILES string of the molecule is CCOc1ccc(C2C(=C(O)c3ccncc3)C(=O)C(=O)N2c2nc(C)c(C(=O)OC)s2)cc1. The first kappa shape index (κ1) is 23.1. The van der Waals surface area contributed by atoms with Crippen molar-refractivity contribution < 1.29 is 29.0 Å². The lowest BCUT2D eigenvalue weighted by molar-refractivity contribution is -0.132. The molecular weight excluding hydrogens is 458 g/mol. The Morgan fingerprint density at radius 1 is 1.15 bits per heavy atom. The molecule has 34 heavy (non-hydrogen) atoms. The van der Waals surface area contributed by atoms with Gasteiger partial charge in [0.25, 0.3) is 5.78 Å². The van der Waals surface area contributed by atoms with E-state index in [-0.39, 0.29) is 21.3 Å². The van der Waals surface area contributed by atoms with E-state index >= 15 is 0 Å². The number of aromatic nitrogens is 2. The van der Waals surface area contributed by atoms with Gasteiger partial charge in [-0.3, -0.25) is 19.5 Å². The van der Waals surface area contributed by atoms with Gasteiger partial charge in [-0.15, -0.1) is 0 Å². The molecule has 1 aliphatic heterocycles. The molecule has 1 fully saturated rings. The van der Waals surface area contributed by atoms with E-state index < -0.39 is 23.7 Å². The Kier molecular flexibility index (Phi) is 6.42. The van der Waals surface area contributed by atoms with Crippen molar-refractivity contribution in [3.8, 4) is 5.75 Å². The van der Waals surface area contributed by atoms with Crippen molar-refractivity contribution in [3.63, 3.8) is 0 Å². The number of carbonyl (C=O) groups is 3. The summed E-state index contributed by atoms with van der Waals surface area (Å²) in [6.45, 7) is 3.96. The number of hydrogen-bond donors (Lipinski definition) is 1. The minimum Gasteiger partial charge on any atom is -0.507 e. The van der Waals surface area contributed by atoms with Gasteiger partial charge in [-0.05, 0) is 43.7 Å². The van der Waals surface area contributed by atoms with Crippen LogP contribution in [-0.4, -0.2) is 46.5 Å². The second-order valence-corrected chi connectivity index (χ2v) is 8.29. The smallest absolute Gasteiger partial charge is 0.350 e. The maximum atomic E-state index is 13.2. The highest BCUT2D eigenvalue weighted by Crippen LogP contribution is 2.44. The van der Waals surface area contributed by atoms with E-state index in [0.29, 0.717) is 29.2 Å².